The Bertz CT molecular complexity index is 422. The lowest BCUT2D eigenvalue weighted by Crippen LogP contribution is -2.44. The van der Waals surface area contributed by atoms with E-state index in [4.69, 9.17) is 16.3 Å². The molecule has 1 saturated heterocycles. The van der Waals surface area contributed by atoms with E-state index in [1.165, 1.54) is 7.11 Å². The Labute approximate surface area is 113 Å². The number of hydrogen-bond acceptors (Lipinski definition) is 3. The average molecular weight is 268 g/mol. The number of ether oxygens (including phenoxy) is 1. The highest BCUT2D eigenvalue weighted by Crippen LogP contribution is 2.23. The first-order chi connectivity index (χ1) is 8.72. The quantitative estimate of drug-likeness (QED) is 0.789. The first-order valence-corrected chi connectivity index (χ1v) is 6.65. The van der Waals surface area contributed by atoms with Gasteiger partial charge in [-0.15, -0.1) is 0 Å². The lowest BCUT2D eigenvalue weighted by Gasteiger charge is -2.33. The molecule has 0 bridgehead atoms. The number of likely N-dealkylation sites (tertiary alicyclic amines) is 1. The van der Waals surface area contributed by atoms with Gasteiger partial charge in [0.2, 0.25) is 0 Å². The molecule has 3 nitrogen and oxygen atoms in total. The summed E-state index contributed by atoms with van der Waals surface area (Å²) in [4.78, 5) is 13.9. The Morgan fingerprint density at radius 1 is 1.44 bits per heavy atom. The molecular weight excluding hydrogens is 250 g/mol. The largest absolute Gasteiger partial charge is 0.468 e. The third-order valence-corrected chi connectivity index (χ3v) is 3.79. The van der Waals surface area contributed by atoms with E-state index < -0.39 is 0 Å². The number of halogens is 1. The van der Waals surface area contributed by atoms with Crippen LogP contribution in [0.1, 0.15) is 24.8 Å². The maximum Gasteiger partial charge on any atom is 0.323 e. The number of benzene rings is 1. The molecule has 0 aromatic heterocycles. The number of hydrogen-bond donors (Lipinski definition) is 0. The minimum atomic E-state index is -0.137. The second-order valence-electron chi connectivity index (χ2n) is 4.60. The van der Waals surface area contributed by atoms with Crippen molar-refractivity contribution in [3.05, 3.63) is 34.9 Å². The van der Waals surface area contributed by atoms with Gasteiger partial charge in [-0.25, -0.2) is 0 Å². The fourth-order valence-electron chi connectivity index (χ4n) is 2.43. The van der Waals surface area contributed by atoms with Gasteiger partial charge in [0.05, 0.1) is 7.11 Å². The lowest BCUT2D eigenvalue weighted by atomic mass is 10.0. The number of nitrogens with zero attached hydrogens (tertiary/aromatic N) is 1. The highest BCUT2D eigenvalue weighted by Gasteiger charge is 2.29. The molecule has 0 aliphatic carbocycles. The number of carbonyl (C=O) groups excluding carboxylic acids is 1. The molecule has 2 rings (SSSR count). The molecule has 18 heavy (non-hydrogen) atoms. The second kappa shape index (κ2) is 6.21. The van der Waals surface area contributed by atoms with Crippen LogP contribution in [0.2, 0.25) is 5.02 Å². The van der Waals surface area contributed by atoms with Crippen molar-refractivity contribution in [1.82, 2.24) is 4.90 Å². The third kappa shape index (κ3) is 3.03. The number of piperidine rings is 1. The van der Waals surface area contributed by atoms with Crippen molar-refractivity contribution in [2.45, 2.75) is 31.8 Å². The molecule has 98 valence electrons. The van der Waals surface area contributed by atoms with Crippen LogP contribution in [0.4, 0.5) is 0 Å². The Morgan fingerprint density at radius 2 is 2.22 bits per heavy atom. The number of carbonyl (C=O) groups is 1. The topological polar surface area (TPSA) is 29.5 Å². The highest BCUT2D eigenvalue weighted by atomic mass is 35.5. The Balaban J connectivity index is 2.10. The van der Waals surface area contributed by atoms with Crippen LogP contribution in [0.15, 0.2) is 24.3 Å². The van der Waals surface area contributed by atoms with Gasteiger partial charge in [-0.2, -0.15) is 0 Å². The van der Waals surface area contributed by atoms with Crippen molar-refractivity contribution in [3.63, 3.8) is 0 Å². The molecule has 1 unspecified atom stereocenters. The van der Waals surface area contributed by atoms with Gasteiger partial charge in [-0.1, -0.05) is 36.2 Å². The molecule has 1 aliphatic rings. The molecule has 1 aromatic rings. The number of esters is 1. The SMILES string of the molecule is COC(=O)C1CCCCN1Cc1ccccc1Cl. The first-order valence-electron chi connectivity index (χ1n) is 6.27. The summed E-state index contributed by atoms with van der Waals surface area (Å²) < 4.78 is 4.87. The van der Waals surface area contributed by atoms with Crippen LogP contribution in [0.25, 0.3) is 0 Å². The smallest absolute Gasteiger partial charge is 0.323 e. The molecule has 0 saturated carbocycles. The highest BCUT2D eigenvalue weighted by molar-refractivity contribution is 6.31. The summed E-state index contributed by atoms with van der Waals surface area (Å²) in [5.74, 6) is -0.137. The normalized spacial score (nSPS) is 20.7. The minimum Gasteiger partial charge on any atom is -0.468 e. The molecule has 4 heteroatoms. The van der Waals surface area contributed by atoms with Gasteiger partial charge in [0.1, 0.15) is 6.04 Å². The third-order valence-electron chi connectivity index (χ3n) is 3.42. The molecule has 0 amide bonds. The zero-order valence-electron chi connectivity index (χ0n) is 10.6. The molecule has 1 aromatic carbocycles. The summed E-state index contributed by atoms with van der Waals surface area (Å²) >= 11 is 6.16. The van der Waals surface area contributed by atoms with Crippen LogP contribution in [-0.4, -0.2) is 30.6 Å². The van der Waals surface area contributed by atoms with Gasteiger partial charge in [0.15, 0.2) is 0 Å². The van der Waals surface area contributed by atoms with Gasteiger partial charge < -0.3 is 4.74 Å². The Morgan fingerprint density at radius 3 is 2.94 bits per heavy atom. The Hall–Kier alpha value is -1.06. The Kier molecular flexibility index (Phi) is 4.61. The van der Waals surface area contributed by atoms with E-state index in [9.17, 15) is 4.79 Å². The lowest BCUT2D eigenvalue weighted by molar-refractivity contribution is -0.148. The summed E-state index contributed by atoms with van der Waals surface area (Å²) in [6, 6.07) is 7.65. The zero-order chi connectivity index (χ0) is 13.0. The summed E-state index contributed by atoms with van der Waals surface area (Å²) in [5, 5.41) is 0.756. The summed E-state index contributed by atoms with van der Waals surface area (Å²) in [6.07, 6.45) is 3.08. The first kappa shape index (κ1) is 13.4. The maximum atomic E-state index is 11.8. The summed E-state index contributed by atoms with van der Waals surface area (Å²) in [6.45, 7) is 1.63. The fraction of sp³-hybridized carbons (Fsp3) is 0.500. The molecular formula is C14H18ClNO2. The van der Waals surface area contributed by atoms with E-state index in [1.54, 1.807) is 0 Å². The van der Waals surface area contributed by atoms with Crippen molar-refractivity contribution < 1.29 is 9.53 Å². The van der Waals surface area contributed by atoms with Gasteiger partial charge in [0.25, 0.3) is 0 Å². The zero-order valence-corrected chi connectivity index (χ0v) is 11.3. The van der Waals surface area contributed by atoms with Crippen molar-refractivity contribution in [2.75, 3.05) is 13.7 Å². The summed E-state index contributed by atoms with van der Waals surface area (Å²) in [7, 11) is 1.45. The van der Waals surface area contributed by atoms with Crippen molar-refractivity contribution in [2.24, 2.45) is 0 Å². The van der Waals surface area contributed by atoms with Gasteiger partial charge in [-0.3, -0.25) is 9.69 Å². The van der Waals surface area contributed by atoms with Gasteiger partial charge in [0, 0.05) is 11.6 Å². The van der Waals surface area contributed by atoms with Crippen molar-refractivity contribution in [3.8, 4) is 0 Å². The molecule has 0 spiro atoms. The van der Waals surface area contributed by atoms with E-state index >= 15 is 0 Å². The van der Waals surface area contributed by atoms with Crippen molar-refractivity contribution in [1.29, 1.82) is 0 Å². The summed E-state index contributed by atoms with van der Waals surface area (Å²) in [5.41, 5.74) is 1.06. The fourth-order valence-corrected chi connectivity index (χ4v) is 2.62. The van der Waals surface area contributed by atoms with E-state index in [0.717, 1.165) is 36.4 Å². The molecule has 1 fully saturated rings. The number of methoxy groups -OCH3 is 1. The van der Waals surface area contributed by atoms with Crippen LogP contribution in [0.3, 0.4) is 0 Å². The molecule has 0 N–H and O–H groups in total. The van der Waals surface area contributed by atoms with Crippen LogP contribution < -0.4 is 0 Å². The monoisotopic (exact) mass is 267 g/mol. The van der Waals surface area contributed by atoms with Crippen molar-refractivity contribution >= 4 is 17.6 Å². The van der Waals surface area contributed by atoms with Gasteiger partial charge in [-0.05, 0) is 31.0 Å². The second-order valence-corrected chi connectivity index (χ2v) is 5.00. The standard InChI is InChI=1S/C14H18ClNO2/c1-18-14(17)13-8-4-5-9-16(13)10-11-6-2-3-7-12(11)15/h2-3,6-7,13H,4-5,8-10H2,1H3. The van der Waals surface area contributed by atoms with E-state index in [2.05, 4.69) is 4.90 Å². The average Bonchev–Trinajstić information content (AvgIpc) is 2.41. The molecule has 1 atom stereocenters. The maximum absolute atomic E-state index is 11.8. The van der Waals surface area contributed by atoms with E-state index in [0.29, 0.717) is 6.54 Å². The predicted octanol–water partition coefficient (Wildman–Crippen LogP) is 2.87. The van der Waals surface area contributed by atoms with Crippen LogP contribution >= 0.6 is 11.6 Å². The minimum absolute atomic E-state index is 0.125. The molecule has 0 radical (unpaired) electrons. The van der Waals surface area contributed by atoms with E-state index in [1.807, 2.05) is 24.3 Å². The molecule has 1 aliphatic heterocycles. The van der Waals surface area contributed by atoms with Crippen LogP contribution in [0.5, 0.6) is 0 Å². The molecule has 1 heterocycles. The van der Waals surface area contributed by atoms with E-state index in [-0.39, 0.29) is 12.0 Å². The predicted molar refractivity (Wildman–Crippen MR) is 71.5 cm³/mol. The van der Waals surface area contributed by atoms with Gasteiger partial charge >= 0.3 is 5.97 Å². The van der Waals surface area contributed by atoms with Crippen LogP contribution in [0, 0.1) is 0 Å². The van der Waals surface area contributed by atoms with Crippen LogP contribution in [-0.2, 0) is 16.1 Å². The number of rotatable bonds is 3.